The van der Waals surface area contributed by atoms with E-state index in [0.717, 1.165) is 16.9 Å². The van der Waals surface area contributed by atoms with Crippen LogP contribution in [0.25, 0.3) is 5.57 Å². The monoisotopic (exact) mass is 278 g/mol. The lowest BCUT2D eigenvalue weighted by atomic mass is 9.96. The van der Waals surface area contributed by atoms with E-state index in [0.29, 0.717) is 6.04 Å². The average Bonchev–Trinajstić information content (AvgIpc) is 2.53. The minimum atomic E-state index is 0.640. The number of likely N-dealkylation sites (N-methyl/N-ethyl adjacent to an activating group) is 1. The van der Waals surface area contributed by atoms with Gasteiger partial charge in [-0.25, -0.2) is 0 Å². The van der Waals surface area contributed by atoms with Crippen LogP contribution in [-0.2, 0) is 0 Å². The lowest BCUT2D eigenvalue weighted by Crippen LogP contribution is -2.34. The van der Waals surface area contributed by atoms with Crippen molar-refractivity contribution in [2.75, 3.05) is 7.05 Å². The van der Waals surface area contributed by atoms with Gasteiger partial charge in [-0.2, -0.15) is 0 Å². The van der Waals surface area contributed by atoms with Crippen LogP contribution >= 0.6 is 15.9 Å². The fourth-order valence-electron chi connectivity index (χ4n) is 2.86. The molecule has 0 saturated carbocycles. The molecule has 2 aliphatic rings. The summed E-state index contributed by atoms with van der Waals surface area (Å²) in [5.41, 5.74) is 2.73. The molecule has 3 heterocycles. The molecular formula is C13H15BrN2. The van der Waals surface area contributed by atoms with Crippen LogP contribution in [0.15, 0.2) is 29.0 Å². The Morgan fingerprint density at radius 1 is 1.44 bits per heavy atom. The van der Waals surface area contributed by atoms with Crippen molar-refractivity contribution in [3.8, 4) is 0 Å². The van der Waals surface area contributed by atoms with Crippen LogP contribution in [0.1, 0.15) is 24.8 Å². The highest BCUT2D eigenvalue weighted by Gasteiger charge is 2.34. The quantitative estimate of drug-likeness (QED) is 0.785. The summed E-state index contributed by atoms with van der Waals surface area (Å²) in [6, 6.07) is 3.40. The highest BCUT2D eigenvalue weighted by atomic mass is 79.9. The molecular weight excluding hydrogens is 264 g/mol. The van der Waals surface area contributed by atoms with E-state index >= 15 is 0 Å². The molecule has 1 aromatic rings. The lowest BCUT2D eigenvalue weighted by molar-refractivity contribution is 0.264. The molecule has 0 spiro atoms. The van der Waals surface area contributed by atoms with Crippen molar-refractivity contribution >= 4 is 21.5 Å². The minimum absolute atomic E-state index is 0.640. The van der Waals surface area contributed by atoms with E-state index in [1.165, 1.54) is 24.0 Å². The summed E-state index contributed by atoms with van der Waals surface area (Å²) in [5, 5.41) is 0. The van der Waals surface area contributed by atoms with Gasteiger partial charge in [-0.3, -0.25) is 9.88 Å². The second-order valence-electron chi connectivity index (χ2n) is 4.72. The molecule has 2 atom stereocenters. The summed E-state index contributed by atoms with van der Waals surface area (Å²) in [6.07, 6.45) is 10.0. The minimum Gasteiger partial charge on any atom is -0.297 e. The Labute approximate surface area is 104 Å². The van der Waals surface area contributed by atoms with Crippen molar-refractivity contribution in [3.63, 3.8) is 0 Å². The number of pyridine rings is 1. The van der Waals surface area contributed by atoms with E-state index in [9.17, 15) is 0 Å². The summed E-state index contributed by atoms with van der Waals surface area (Å²) in [6.45, 7) is 0. The van der Waals surface area contributed by atoms with E-state index in [1.54, 1.807) is 0 Å². The van der Waals surface area contributed by atoms with E-state index in [-0.39, 0.29) is 0 Å². The van der Waals surface area contributed by atoms with Crippen LogP contribution in [0.4, 0.5) is 0 Å². The fourth-order valence-corrected chi connectivity index (χ4v) is 3.33. The van der Waals surface area contributed by atoms with Crippen molar-refractivity contribution in [1.82, 2.24) is 9.88 Å². The largest absolute Gasteiger partial charge is 0.297 e. The Morgan fingerprint density at radius 3 is 3.06 bits per heavy atom. The summed E-state index contributed by atoms with van der Waals surface area (Å²) in [7, 11) is 2.24. The van der Waals surface area contributed by atoms with Crippen molar-refractivity contribution in [1.29, 1.82) is 0 Å². The molecule has 2 aliphatic heterocycles. The zero-order chi connectivity index (χ0) is 11.1. The van der Waals surface area contributed by atoms with Gasteiger partial charge in [-0.05, 0) is 37.9 Å². The maximum Gasteiger partial charge on any atom is 0.0354 e. The molecule has 2 nitrogen and oxygen atoms in total. The third-order valence-corrected chi connectivity index (χ3v) is 4.55. The smallest absolute Gasteiger partial charge is 0.0354 e. The lowest BCUT2D eigenvalue weighted by Gasteiger charge is -2.30. The molecule has 0 N–H and O–H groups in total. The molecule has 3 heteroatoms. The van der Waals surface area contributed by atoms with Crippen LogP contribution in [0.2, 0.25) is 0 Å². The van der Waals surface area contributed by atoms with Gasteiger partial charge in [0.25, 0.3) is 0 Å². The molecule has 2 bridgehead atoms. The van der Waals surface area contributed by atoms with E-state index in [1.807, 2.05) is 18.5 Å². The Bertz CT molecular complexity index is 441. The number of fused-ring (bicyclic) bond motifs is 2. The van der Waals surface area contributed by atoms with Gasteiger partial charge in [-0.15, -0.1) is 0 Å². The number of halogens is 1. The number of hydrogen-bond acceptors (Lipinski definition) is 2. The molecule has 0 amide bonds. The van der Waals surface area contributed by atoms with Gasteiger partial charge in [-0.1, -0.05) is 22.0 Å². The van der Waals surface area contributed by atoms with Crippen LogP contribution in [0.3, 0.4) is 0 Å². The first-order valence-corrected chi connectivity index (χ1v) is 6.57. The summed E-state index contributed by atoms with van der Waals surface area (Å²) < 4.78 is 1.16. The van der Waals surface area contributed by atoms with Crippen molar-refractivity contribution in [3.05, 3.63) is 34.6 Å². The summed E-state index contributed by atoms with van der Waals surface area (Å²) >= 11 is 3.61. The topological polar surface area (TPSA) is 16.1 Å². The Morgan fingerprint density at radius 2 is 2.31 bits per heavy atom. The first kappa shape index (κ1) is 10.5. The van der Waals surface area contributed by atoms with E-state index < -0.39 is 0 Å². The van der Waals surface area contributed by atoms with Gasteiger partial charge in [0, 0.05) is 34.5 Å². The normalized spacial score (nSPS) is 29.2. The number of hydrogen-bond donors (Lipinski definition) is 0. The molecule has 84 valence electrons. The predicted octanol–water partition coefficient (Wildman–Crippen LogP) is 3.09. The van der Waals surface area contributed by atoms with Crippen molar-refractivity contribution in [2.45, 2.75) is 31.3 Å². The SMILES string of the molecule is CN1C2C=C(c3cnccc3Br)CC1CC2. The highest BCUT2D eigenvalue weighted by molar-refractivity contribution is 9.10. The molecule has 2 unspecified atom stereocenters. The van der Waals surface area contributed by atoms with Crippen LogP contribution in [0.5, 0.6) is 0 Å². The van der Waals surface area contributed by atoms with Crippen LogP contribution in [-0.4, -0.2) is 29.0 Å². The predicted molar refractivity (Wildman–Crippen MR) is 69.1 cm³/mol. The molecule has 0 aromatic carbocycles. The summed E-state index contributed by atoms with van der Waals surface area (Å²) in [5.74, 6) is 0. The zero-order valence-electron chi connectivity index (χ0n) is 9.36. The zero-order valence-corrected chi connectivity index (χ0v) is 10.9. The van der Waals surface area contributed by atoms with Gasteiger partial charge < -0.3 is 0 Å². The Hall–Kier alpha value is -0.670. The molecule has 0 aliphatic carbocycles. The molecule has 1 fully saturated rings. The summed E-state index contributed by atoms with van der Waals surface area (Å²) in [4.78, 5) is 6.73. The average molecular weight is 279 g/mol. The van der Waals surface area contributed by atoms with Gasteiger partial charge >= 0.3 is 0 Å². The van der Waals surface area contributed by atoms with E-state index in [4.69, 9.17) is 0 Å². The second-order valence-corrected chi connectivity index (χ2v) is 5.57. The third kappa shape index (κ3) is 1.62. The number of aromatic nitrogens is 1. The van der Waals surface area contributed by atoms with Gasteiger partial charge in [0.05, 0.1) is 0 Å². The molecule has 1 aromatic heterocycles. The first-order chi connectivity index (χ1) is 7.75. The molecule has 0 radical (unpaired) electrons. The standard InChI is InChI=1S/C13H15BrN2/c1-16-10-2-3-11(16)7-9(6-10)12-8-15-5-4-13(12)14/h4-6,8,10-11H,2-3,7H2,1H3. The van der Waals surface area contributed by atoms with Crippen molar-refractivity contribution < 1.29 is 0 Å². The maximum atomic E-state index is 4.23. The highest BCUT2D eigenvalue weighted by Crippen LogP contribution is 2.38. The Balaban J connectivity index is 1.98. The molecule has 16 heavy (non-hydrogen) atoms. The van der Waals surface area contributed by atoms with Gasteiger partial charge in [0.15, 0.2) is 0 Å². The number of nitrogens with zero attached hydrogens (tertiary/aromatic N) is 2. The van der Waals surface area contributed by atoms with Crippen LogP contribution in [0, 0.1) is 0 Å². The number of rotatable bonds is 1. The first-order valence-electron chi connectivity index (χ1n) is 5.78. The molecule has 1 saturated heterocycles. The maximum absolute atomic E-state index is 4.23. The second kappa shape index (κ2) is 3.97. The Kier molecular flexibility index (Phi) is 2.60. The molecule has 3 rings (SSSR count). The fraction of sp³-hybridized carbons (Fsp3) is 0.462. The van der Waals surface area contributed by atoms with Crippen LogP contribution < -0.4 is 0 Å². The van der Waals surface area contributed by atoms with Gasteiger partial charge in [0.1, 0.15) is 0 Å². The third-order valence-electron chi connectivity index (χ3n) is 3.86. The van der Waals surface area contributed by atoms with Gasteiger partial charge in [0.2, 0.25) is 0 Å². The van der Waals surface area contributed by atoms with E-state index in [2.05, 4.69) is 38.9 Å². The van der Waals surface area contributed by atoms with Crippen molar-refractivity contribution in [2.24, 2.45) is 0 Å².